The summed E-state index contributed by atoms with van der Waals surface area (Å²) in [5.41, 5.74) is 7.85. The molecule has 3 aliphatic rings. The van der Waals surface area contributed by atoms with Crippen LogP contribution in [0.3, 0.4) is 0 Å². The minimum atomic E-state index is -0.560. The summed E-state index contributed by atoms with van der Waals surface area (Å²) in [6.07, 6.45) is 4.72. The molecule has 0 aromatic carbocycles. The lowest BCUT2D eigenvalue weighted by atomic mass is 9.43. The first-order valence-electron chi connectivity index (χ1n) is 7.67. The van der Waals surface area contributed by atoms with Crippen LogP contribution >= 0.6 is 0 Å². The Balaban J connectivity index is 2.13. The molecule has 0 aromatic rings. The highest BCUT2D eigenvalue weighted by Crippen LogP contribution is 2.64. The summed E-state index contributed by atoms with van der Waals surface area (Å²) >= 11 is 0. The maximum atomic E-state index is 11.2. The number of nitrogens with zero attached hydrogens (tertiary/aromatic N) is 1. The minimum absolute atomic E-state index is 0.0530. The fourth-order valence-electron chi connectivity index (χ4n) is 5.56. The number of nitrogens with two attached hydrogens (primary N) is 1. The van der Waals surface area contributed by atoms with Gasteiger partial charge in [-0.2, -0.15) is 0 Å². The van der Waals surface area contributed by atoms with Crippen molar-refractivity contribution in [2.45, 2.75) is 58.7 Å². The third-order valence-electron chi connectivity index (χ3n) is 6.44. The summed E-state index contributed by atoms with van der Waals surface area (Å²) in [6, 6.07) is 0. The second-order valence-corrected chi connectivity index (χ2v) is 8.05. The highest BCUT2D eigenvalue weighted by Gasteiger charge is 2.65. The van der Waals surface area contributed by atoms with E-state index in [9.17, 15) is 4.91 Å². The van der Waals surface area contributed by atoms with Gasteiger partial charge in [-0.15, -0.1) is 4.91 Å². The molecule has 0 radical (unpaired) electrons. The van der Waals surface area contributed by atoms with Crippen LogP contribution in [0, 0.1) is 27.6 Å². The van der Waals surface area contributed by atoms with E-state index >= 15 is 0 Å². The topological polar surface area (TPSA) is 64.7 Å². The largest absolute Gasteiger partial charge is 0.348 e. The number of ether oxygens (including phenoxy) is 1. The average molecular weight is 278 g/mol. The van der Waals surface area contributed by atoms with Crippen molar-refractivity contribution in [3.63, 3.8) is 0 Å². The highest BCUT2D eigenvalue weighted by molar-refractivity contribution is 5.31. The summed E-state index contributed by atoms with van der Waals surface area (Å²) in [5.74, 6) is 0.666. The molecule has 0 bridgehead atoms. The van der Waals surface area contributed by atoms with Gasteiger partial charge in [0.05, 0.1) is 6.61 Å². The van der Waals surface area contributed by atoms with Crippen molar-refractivity contribution in [3.8, 4) is 0 Å². The Morgan fingerprint density at radius 1 is 1.35 bits per heavy atom. The molecule has 1 saturated carbocycles. The lowest BCUT2D eigenvalue weighted by Gasteiger charge is -2.64. The molecule has 0 spiro atoms. The van der Waals surface area contributed by atoms with Crippen molar-refractivity contribution in [2.75, 3.05) is 6.61 Å². The van der Waals surface area contributed by atoms with Crippen LogP contribution in [0.25, 0.3) is 0 Å². The molecule has 1 aliphatic heterocycles. The first-order valence-corrected chi connectivity index (χ1v) is 7.67. The molecule has 0 aromatic heterocycles. The van der Waals surface area contributed by atoms with Gasteiger partial charge in [0.15, 0.2) is 6.23 Å². The van der Waals surface area contributed by atoms with Crippen molar-refractivity contribution in [3.05, 3.63) is 16.6 Å². The Morgan fingerprint density at radius 2 is 2.05 bits per heavy atom. The fourth-order valence-corrected chi connectivity index (χ4v) is 5.56. The summed E-state index contributed by atoms with van der Waals surface area (Å²) in [6.45, 7) is 9.65. The second-order valence-electron chi connectivity index (χ2n) is 8.05. The van der Waals surface area contributed by atoms with Crippen LogP contribution in [0.15, 0.2) is 16.8 Å². The molecule has 5 atom stereocenters. The zero-order valence-electron chi connectivity index (χ0n) is 13.0. The zero-order chi connectivity index (χ0) is 14.8. The molecule has 2 fully saturated rings. The normalized spacial score (nSPS) is 50.0. The van der Waals surface area contributed by atoms with Crippen LogP contribution in [0.2, 0.25) is 0 Å². The maximum Gasteiger partial charge on any atom is 0.197 e. The van der Waals surface area contributed by atoms with Crippen molar-refractivity contribution in [1.82, 2.24) is 0 Å². The smallest absolute Gasteiger partial charge is 0.197 e. The molecule has 1 heterocycles. The van der Waals surface area contributed by atoms with E-state index in [4.69, 9.17) is 10.5 Å². The molecule has 1 saturated heterocycles. The van der Waals surface area contributed by atoms with E-state index in [0.717, 1.165) is 19.3 Å². The first-order chi connectivity index (χ1) is 9.25. The average Bonchev–Trinajstić information content (AvgIpc) is 2.76. The summed E-state index contributed by atoms with van der Waals surface area (Å²) in [5, 5.41) is 3.24. The molecular weight excluding hydrogens is 252 g/mol. The van der Waals surface area contributed by atoms with Gasteiger partial charge in [-0.3, -0.25) is 0 Å². The van der Waals surface area contributed by atoms with E-state index in [1.54, 1.807) is 0 Å². The fraction of sp³-hybridized carbons (Fsp3) is 0.875. The van der Waals surface area contributed by atoms with Crippen LogP contribution in [-0.4, -0.2) is 18.4 Å². The molecule has 4 heteroatoms. The SMILES string of the molecule is C[C@H]1CC(C)(C)[C@]2(N)CC=C3CO[C@@H](N=O)C3C2(C)C1. The van der Waals surface area contributed by atoms with Crippen LogP contribution in [-0.2, 0) is 4.74 Å². The van der Waals surface area contributed by atoms with Gasteiger partial charge < -0.3 is 10.5 Å². The molecule has 20 heavy (non-hydrogen) atoms. The molecule has 2 unspecified atom stereocenters. The number of rotatable bonds is 1. The Labute approximate surface area is 121 Å². The Kier molecular flexibility index (Phi) is 2.94. The van der Waals surface area contributed by atoms with Gasteiger partial charge >= 0.3 is 0 Å². The maximum absolute atomic E-state index is 11.2. The minimum Gasteiger partial charge on any atom is -0.348 e. The van der Waals surface area contributed by atoms with E-state index in [1.165, 1.54) is 5.57 Å². The number of nitroso groups, excluding NO2 is 1. The highest BCUT2D eigenvalue weighted by atomic mass is 16.5. The molecule has 4 nitrogen and oxygen atoms in total. The third kappa shape index (κ3) is 1.55. The van der Waals surface area contributed by atoms with Crippen molar-refractivity contribution < 1.29 is 4.74 Å². The summed E-state index contributed by atoms with van der Waals surface area (Å²) in [7, 11) is 0. The van der Waals surface area contributed by atoms with Gasteiger partial charge in [0.1, 0.15) is 0 Å². The summed E-state index contributed by atoms with van der Waals surface area (Å²) < 4.78 is 5.61. The van der Waals surface area contributed by atoms with Crippen LogP contribution in [0.1, 0.15) is 47.0 Å². The van der Waals surface area contributed by atoms with E-state index in [1.807, 2.05) is 0 Å². The number of fused-ring (bicyclic) bond motifs is 3. The van der Waals surface area contributed by atoms with Crippen molar-refractivity contribution >= 4 is 0 Å². The molecule has 0 amide bonds. The Hall–Kier alpha value is -0.740. The van der Waals surface area contributed by atoms with Gasteiger partial charge in [-0.25, -0.2) is 0 Å². The van der Waals surface area contributed by atoms with Gasteiger partial charge in [-0.05, 0) is 46.8 Å². The second kappa shape index (κ2) is 4.14. The van der Waals surface area contributed by atoms with Crippen molar-refractivity contribution in [1.29, 1.82) is 0 Å². The van der Waals surface area contributed by atoms with Gasteiger partial charge in [-0.1, -0.05) is 33.8 Å². The van der Waals surface area contributed by atoms with E-state index in [-0.39, 0.29) is 22.3 Å². The predicted molar refractivity (Wildman–Crippen MR) is 78.9 cm³/mol. The Morgan fingerprint density at radius 3 is 2.70 bits per heavy atom. The third-order valence-corrected chi connectivity index (χ3v) is 6.44. The summed E-state index contributed by atoms with van der Waals surface area (Å²) in [4.78, 5) is 11.2. The van der Waals surface area contributed by atoms with Crippen LogP contribution < -0.4 is 5.73 Å². The van der Waals surface area contributed by atoms with Crippen LogP contribution in [0.5, 0.6) is 0 Å². The molecule has 2 aliphatic carbocycles. The first kappa shape index (κ1) is 14.2. The lowest BCUT2D eigenvalue weighted by Crippen LogP contribution is -2.70. The Bertz CT molecular complexity index is 473. The molecule has 112 valence electrons. The quantitative estimate of drug-likeness (QED) is 0.591. The molecular formula is C16H26N2O2. The van der Waals surface area contributed by atoms with Gasteiger partial charge in [0.2, 0.25) is 0 Å². The predicted octanol–water partition coefficient (Wildman–Crippen LogP) is 3.22. The zero-order valence-corrected chi connectivity index (χ0v) is 13.0. The number of hydrogen-bond acceptors (Lipinski definition) is 4. The van der Waals surface area contributed by atoms with E-state index in [2.05, 4.69) is 38.9 Å². The molecule has 3 rings (SSSR count). The standard InChI is InChI=1S/C16H26N2O2/c1-10-7-14(2,3)16(17)6-5-11-9-20-13(18-19)12(11)15(16,4)8-10/h5,10,12-13H,6-9,17H2,1-4H3/t10-,12?,13+,15?,16+/m0/s1. The van der Waals surface area contributed by atoms with E-state index < -0.39 is 6.23 Å². The van der Waals surface area contributed by atoms with Crippen LogP contribution in [0.4, 0.5) is 0 Å². The van der Waals surface area contributed by atoms with Gasteiger partial charge in [0, 0.05) is 11.5 Å². The molecule has 2 N–H and O–H groups in total. The number of hydrogen-bond donors (Lipinski definition) is 1. The van der Waals surface area contributed by atoms with Gasteiger partial charge in [0.25, 0.3) is 0 Å². The lowest BCUT2D eigenvalue weighted by molar-refractivity contribution is -0.0991. The monoisotopic (exact) mass is 278 g/mol. The van der Waals surface area contributed by atoms with Crippen molar-refractivity contribution in [2.24, 2.45) is 33.6 Å². The van der Waals surface area contributed by atoms with E-state index in [0.29, 0.717) is 12.5 Å².